The molecular weight excluding hydrogens is 282 g/mol. The molecule has 1 aromatic heterocycles. The Morgan fingerprint density at radius 2 is 2.05 bits per heavy atom. The molecule has 6 heteroatoms. The molecule has 2 rings (SSSR count). The summed E-state index contributed by atoms with van der Waals surface area (Å²) in [5, 5.41) is 2.72. The van der Waals surface area contributed by atoms with Crippen LogP contribution in [0.25, 0.3) is 11.3 Å². The monoisotopic (exact) mass is 298 g/mol. The first-order valence-corrected chi connectivity index (χ1v) is 7.11. The molecule has 0 aliphatic heterocycles. The van der Waals surface area contributed by atoms with E-state index in [0.717, 1.165) is 16.3 Å². The molecule has 1 aromatic carbocycles. The number of nitrogens with zero attached hydrogens (tertiary/aromatic N) is 1. The van der Waals surface area contributed by atoms with Crippen molar-refractivity contribution in [1.29, 1.82) is 0 Å². The number of aromatic nitrogens is 1. The van der Waals surface area contributed by atoms with Gasteiger partial charge in [-0.3, -0.25) is 0 Å². The van der Waals surface area contributed by atoms with E-state index < -0.39 is 6.61 Å². The Hall–Kier alpha value is -1.53. The fourth-order valence-corrected chi connectivity index (χ4v) is 2.69. The summed E-state index contributed by atoms with van der Waals surface area (Å²) < 4.78 is 28.8. The Balaban J connectivity index is 2.24. The molecule has 1 heterocycles. The largest absolute Gasteiger partial charge is 0.435 e. The van der Waals surface area contributed by atoms with Gasteiger partial charge in [0.15, 0.2) is 0 Å². The summed E-state index contributed by atoms with van der Waals surface area (Å²) in [5.41, 5.74) is 7.51. The lowest BCUT2D eigenvalue weighted by Gasteiger charge is -2.11. The van der Waals surface area contributed by atoms with Crippen molar-refractivity contribution in [2.75, 3.05) is 0 Å². The molecule has 3 nitrogen and oxygen atoms in total. The molecule has 0 aliphatic carbocycles. The minimum absolute atomic E-state index is 0.116. The van der Waals surface area contributed by atoms with Crippen molar-refractivity contribution in [1.82, 2.24) is 4.98 Å². The Labute approximate surface area is 120 Å². The molecule has 2 aromatic rings. The van der Waals surface area contributed by atoms with E-state index in [1.54, 1.807) is 18.2 Å². The van der Waals surface area contributed by atoms with E-state index in [1.807, 2.05) is 19.2 Å². The zero-order valence-electron chi connectivity index (χ0n) is 11.2. The van der Waals surface area contributed by atoms with Gasteiger partial charge in [-0.05, 0) is 18.1 Å². The summed E-state index contributed by atoms with van der Waals surface area (Å²) in [5.74, 6) is 0.419. The van der Waals surface area contributed by atoms with Crippen LogP contribution in [0.2, 0.25) is 0 Å². The molecule has 0 aliphatic rings. The number of rotatable bonds is 5. The van der Waals surface area contributed by atoms with E-state index in [9.17, 15) is 8.78 Å². The minimum Gasteiger partial charge on any atom is -0.435 e. The number of hydrogen-bond donors (Lipinski definition) is 1. The smallest absolute Gasteiger partial charge is 0.387 e. The van der Waals surface area contributed by atoms with E-state index in [-0.39, 0.29) is 11.8 Å². The number of ether oxygens (including phenoxy) is 1. The van der Waals surface area contributed by atoms with Gasteiger partial charge in [-0.25, -0.2) is 4.98 Å². The van der Waals surface area contributed by atoms with Crippen molar-refractivity contribution in [2.45, 2.75) is 26.5 Å². The maximum Gasteiger partial charge on any atom is 0.387 e. The Morgan fingerprint density at radius 3 is 2.70 bits per heavy atom. The van der Waals surface area contributed by atoms with Crippen LogP contribution >= 0.6 is 11.3 Å². The zero-order chi connectivity index (χ0) is 14.7. The summed E-state index contributed by atoms with van der Waals surface area (Å²) in [6.07, 6.45) is 0. The lowest BCUT2D eigenvalue weighted by Crippen LogP contribution is -2.16. The number of nitrogens with two attached hydrogens (primary N) is 1. The fraction of sp³-hybridized carbons (Fsp3) is 0.357. The topological polar surface area (TPSA) is 48.1 Å². The highest BCUT2D eigenvalue weighted by Gasteiger charge is 2.15. The molecule has 0 fully saturated rings. The molecule has 0 bridgehead atoms. The molecule has 2 N–H and O–H groups in total. The number of alkyl halides is 2. The van der Waals surface area contributed by atoms with Crippen LogP contribution in [0.3, 0.4) is 0 Å². The lowest BCUT2D eigenvalue weighted by molar-refractivity contribution is -0.0498. The molecule has 20 heavy (non-hydrogen) atoms. The third-order valence-corrected chi connectivity index (χ3v) is 3.83. The maximum atomic E-state index is 12.2. The number of benzene rings is 1. The second kappa shape index (κ2) is 6.28. The summed E-state index contributed by atoms with van der Waals surface area (Å²) in [7, 11) is 0. The molecule has 0 radical (unpaired) electrons. The van der Waals surface area contributed by atoms with Crippen LogP contribution in [0.4, 0.5) is 8.78 Å². The van der Waals surface area contributed by atoms with Crippen molar-refractivity contribution in [3.05, 3.63) is 34.7 Å². The number of hydrogen-bond acceptors (Lipinski definition) is 4. The third-order valence-electron chi connectivity index (χ3n) is 2.88. The van der Waals surface area contributed by atoms with Crippen LogP contribution in [0.1, 0.15) is 24.9 Å². The van der Waals surface area contributed by atoms with Crippen LogP contribution in [0, 0.1) is 5.92 Å². The van der Waals surface area contributed by atoms with Gasteiger partial charge >= 0.3 is 6.61 Å². The van der Waals surface area contributed by atoms with E-state index in [4.69, 9.17) is 5.73 Å². The summed E-state index contributed by atoms with van der Waals surface area (Å²) in [6.45, 7) is 1.23. The van der Waals surface area contributed by atoms with E-state index in [1.165, 1.54) is 17.4 Å². The number of halogens is 2. The van der Waals surface area contributed by atoms with Crippen molar-refractivity contribution in [2.24, 2.45) is 11.7 Å². The normalized spacial score (nSPS) is 12.9. The van der Waals surface area contributed by atoms with E-state index >= 15 is 0 Å². The van der Waals surface area contributed by atoms with E-state index in [0.29, 0.717) is 5.92 Å². The molecule has 0 saturated heterocycles. The van der Waals surface area contributed by atoms with Gasteiger partial charge in [-0.1, -0.05) is 26.0 Å². The van der Waals surface area contributed by atoms with Crippen LogP contribution in [-0.4, -0.2) is 11.6 Å². The molecule has 1 atom stereocenters. The molecule has 0 amide bonds. The molecule has 1 unspecified atom stereocenters. The maximum absolute atomic E-state index is 12.2. The first kappa shape index (κ1) is 14.9. The van der Waals surface area contributed by atoms with Gasteiger partial charge in [0.1, 0.15) is 10.8 Å². The average Bonchev–Trinajstić information content (AvgIpc) is 2.86. The molecule has 0 spiro atoms. The zero-order valence-corrected chi connectivity index (χ0v) is 12.0. The standard InChI is InChI=1S/C14H16F2N2OS/c1-8(2)12(17)13-18-11(7-20-13)9-4-3-5-10(6-9)19-14(15)16/h3-8,12,14H,17H2,1-2H3. The summed E-state index contributed by atoms with van der Waals surface area (Å²) in [6, 6.07) is 6.38. The predicted molar refractivity (Wildman–Crippen MR) is 75.9 cm³/mol. The second-order valence-corrected chi connectivity index (χ2v) is 5.64. The van der Waals surface area contributed by atoms with Crippen molar-refractivity contribution in [3.8, 4) is 17.0 Å². The van der Waals surface area contributed by atoms with Crippen LogP contribution in [-0.2, 0) is 0 Å². The first-order valence-electron chi connectivity index (χ1n) is 6.23. The molecule has 108 valence electrons. The highest BCUT2D eigenvalue weighted by atomic mass is 32.1. The van der Waals surface area contributed by atoms with Crippen molar-refractivity contribution < 1.29 is 13.5 Å². The van der Waals surface area contributed by atoms with Gasteiger partial charge in [-0.15, -0.1) is 11.3 Å². The lowest BCUT2D eigenvalue weighted by atomic mass is 10.1. The van der Waals surface area contributed by atoms with Crippen molar-refractivity contribution in [3.63, 3.8) is 0 Å². The third kappa shape index (κ3) is 3.52. The summed E-state index contributed by atoms with van der Waals surface area (Å²) in [4.78, 5) is 4.47. The minimum atomic E-state index is -2.83. The first-order chi connectivity index (χ1) is 9.47. The highest BCUT2D eigenvalue weighted by molar-refractivity contribution is 7.10. The van der Waals surface area contributed by atoms with Crippen LogP contribution < -0.4 is 10.5 Å². The average molecular weight is 298 g/mol. The SMILES string of the molecule is CC(C)C(N)c1nc(-c2cccc(OC(F)F)c2)cs1. The fourth-order valence-electron chi connectivity index (χ4n) is 1.69. The van der Waals surface area contributed by atoms with Crippen molar-refractivity contribution >= 4 is 11.3 Å². The van der Waals surface area contributed by atoms with Gasteiger partial charge in [0.25, 0.3) is 0 Å². The van der Waals surface area contributed by atoms with Gasteiger partial charge in [0, 0.05) is 10.9 Å². The number of thiazole rings is 1. The van der Waals surface area contributed by atoms with Gasteiger partial charge in [0.2, 0.25) is 0 Å². The quantitative estimate of drug-likeness (QED) is 0.905. The summed E-state index contributed by atoms with van der Waals surface area (Å²) >= 11 is 1.48. The Bertz CT molecular complexity index is 572. The van der Waals surface area contributed by atoms with Gasteiger partial charge in [-0.2, -0.15) is 8.78 Å². The Kier molecular flexibility index (Phi) is 4.67. The van der Waals surface area contributed by atoms with Crippen LogP contribution in [0.15, 0.2) is 29.6 Å². The molecular formula is C14H16F2N2OS. The van der Waals surface area contributed by atoms with E-state index in [2.05, 4.69) is 9.72 Å². The Morgan fingerprint density at radius 1 is 1.30 bits per heavy atom. The van der Waals surface area contributed by atoms with Gasteiger partial charge in [0.05, 0.1) is 11.7 Å². The van der Waals surface area contributed by atoms with Crippen LogP contribution in [0.5, 0.6) is 5.75 Å². The van der Waals surface area contributed by atoms with Gasteiger partial charge < -0.3 is 10.5 Å². The molecule has 0 saturated carbocycles. The predicted octanol–water partition coefficient (Wildman–Crippen LogP) is 4.07. The second-order valence-electron chi connectivity index (χ2n) is 4.75. The highest BCUT2D eigenvalue weighted by Crippen LogP contribution is 2.29.